The van der Waals surface area contributed by atoms with Crippen molar-refractivity contribution in [1.82, 2.24) is 9.97 Å². The highest BCUT2D eigenvalue weighted by Gasteiger charge is 2.42. The minimum absolute atomic E-state index is 0.0572. The van der Waals surface area contributed by atoms with Crippen molar-refractivity contribution >= 4 is 11.8 Å². The first-order valence-electron chi connectivity index (χ1n) is 8.09. The molecule has 1 aromatic heterocycles. The molecule has 2 aromatic rings. The minimum atomic E-state index is 0.0572. The lowest BCUT2D eigenvalue weighted by Gasteiger charge is -2.36. The summed E-state index contributed by atoms with van der Waals surface area (Å²) < 4.78 is 0. The Labute approximate surface area is 134 Å². The molecule has 4 heteroatoms. The van der Waals surface area contributed by atoms with E-state index in [2.05, 4.69) is 36.2 Å². The predicted molar refractivity (Wildman–Crippen MR) is 90.5 cm³/mol. The number of hydrogen-bond acceptors (Lipinski definition) is 3. The summed E-state index contributed by atoms with van der Waals surface area (Å²) in [6.45, 7) is 2.07. The first-order chi connectivity index (χ1) is 10.7. The summed E-state index contributed by atoms with van der Waals surface area (Å²) in [6, 6.07) is 8.57. The molecule has 1 aromatic carbocycles. The van der Waals surface area contributed by atoms with Gasteiger partial charge < -0.3 is 4.98 Å². The topological polar surface area (TPSA) is 45.8 Å². The van der Waals surface area contributed by atoms with E-state index in [1.807, 2.05) is 0 Å². The Kier molecular flexibility index (Phi) is 3.37. The highest BCUT2D eigenvalue weighted by Crippen LogP contribution is 2.50. The molecule has 2 aliphatic carbocycles. The number of aromatic nitrogens is 2. The van der Waals surface area contributed by atoms with E-state index in [0.717, 1.165) is 28.6 Å². The lowest BCUT2D eigenvalue weighted by atomic mass is 9.68. The standard InChI is InChI=1S/C18H20N2OS/c1-2-22-17-19-15-12-7-3-4-8-14(12)18(9-5-6-10-18)11-13(15)16(21)20-17/h3-4,7-8H,2,5-6,9-11H2,1H3,(H,19,20,21). The van der Waals surface area contributed by atoms with Crippen LogP contribution >= 0.6 is 11.8 Å². The molecule has 0 saturated heterocycles. The zero-order valence-electron chi connectivity index (χ0n) is 12.8. The first kappa shape index (κ1) is 14.1. The van der Waals surface area contributed by atoms with Crippen LogP contribution < -0.4 is 5.56 Å². The van der Waals surface area contributed by atoms with Gasteiger partial charge in [-0.1, -0.05) is 55.8 Å². The average Bonchev–Trinajstić information content (AvgIpc) is 2.99. The SMILES string of the molecule is CCSc1nc2c(c(=O)[nH]1)CC1(CCCC1)c1ccccc1-2. The lowest BCUT2D eigenvalue weighted by Crippen LogP contribution is -2.34. The van der Waals surface area contributed by atoms with Gasteiger partial charge in [0.25, 0.3) is 5.56 Å². The number of H-pyrrole nitrogens is 1. The second-order valence-corrected chi connectivity index (χ2v) is 7.59. The number of nitrogens with zero attached hydrogens (tertiary/aromatic N) is 1. The molecule has 1 fully saturated rings. The van der Waals surface area contributed by atoms with Crippen LogP contribution in [0.4, 0.5) is 0 Å². The van der Waals surface area contributed by atoms with Crippen LogP contribution in [-0.2, 0) is 11.8 Å². The zero-order chi connectivity index (χ0) is 15.2. The Morgan fingerprint density at radius 3 is 2.82 bits per heavy atom. The molecule has 4 rings (SSSR count). The minimum Gasteiger partial charge on any atom is -0.301 e. The molecule has 0 aliphatic heterocycles. The van der Waals surface area contributed by atoms with Crippen molar-refractivity contribution in [2.45, 2.75) is 49.6 Å². The third kappa shape index (κ3) is 2.04. The molecule has 1 spiro atoms. The Bertz CT molecular complexity index is 775. The fourth-order valence-electron chi connectivity index (χ4n) is 4.15. The largest absolute Gasteiger partial charge is 0.301 e. The fraction of sp³-hybridized carbons (Fsp3) is 0.444. The molecule has 0 radical (unpaired) electrons. The van der Waals surface area contributed by atoms with Crippen molar-refractivity contribution in [1.29, 1.82) is 0 Å². The maximum Gasteiger partial charge on any atom is 0.255 e. The zero-order valence-corrected chi connectivity index (χ0v) is 13.6. The molecular formula is C18H20N2OS. The normalized spacial score (nSPS) is 18.2. The van der Waals surface area contributed by atoms with Gasteiger partial charge in [0.1, 0.15) is 0 Å². The van der Waals surface area contributed by atoms with E-state index in [0.29, 0.717) is 0 Å². The number of thioether (sulfide) groups is 1. The van der Waals surface area contributed by atoms with Gasteiger partial charge in [-0.15, -0.1) is 0 Å². The maximum atomic E-state index is 12.6. The van der Waals surface area contributed by atoms with Crippen LogP contribution in [0, 0.1) is 0 Å². The van der Waals surface area contributed by atoms with Crippen LogP contribution in [0.1, 0.15) is 43.7 Å². The lowest BCUT2D eigenvalue weighted by molar-refractivity contribution is 0.429. The number of aromatic amines is 1. The number of fused-ring (bicyclic) bond motifs is 4. The second-order valence-electron chi connectivity index (χ2n) is 6.34. The molecule has 3 nitrogen and oxygen atoms in total. The molecule has 1 saturated carbocycles. The van der Waals surface area contributed by atoms with Crippen molar-refractivity contribution in [3.63, 3.8) is 0 Å². The molecule has 2 aliphatic rings. The van der Waals surface area contributed by atoms with Crippen LogP contribution in [0.5, 0.6) is 0 Å². The van der Waals surface area contributed by atoms with Crippen LogP contribution in [0.15, 0.2) is 34.2 Å². The van der Waals surface area contributed by atoms with E-state index in [9.17, 15) is 4.79 Å². The summed E-state index contributed by atoms with van der Waals surface area (Å²) in [4.78, 5) is 20.3. The molecule has 1 N–H and O–H groups in total. The van der Waals surface area contributed by atoms with Gasteiger partial charge in [-0.25, -0.2) is 4.98 Å². The van der Waals surface area contributed by atoms with Gasteiger partial charge in [0, 0.05) is 16.5 Å². The summed E-state index contributed by atoms with van der Waals surface area (Å²) in [7, 11) is 0. The Morgan fingerprint density at radius 2 is 2.05 bits per heavy atom. The third-order valence-electron chi connectivity index (χ3n) is 5.10. The van der Waals surface area contributed by atoms with Gasteiger partial charge in [-0.3, -0.25) is 4.79 Å². The second kappa shape index (κ2) is 5.27. The van der Waals surface area contributed by atoms with Gasteiger partial charge in [0.2, 0.25) is 0 Å². The van der Waals surface area contributed by atoms with E-state index >= 15 is 0 Å². The van der Waals surface area contributed by atoms with E-state index in [1.54, 1.807) is 11.8 Å². The number of rotatable bonds is 2. The van der Waals surface area contributed by atoms with Gasteiger partial charge in [-0.2, -0.15) is 0 Å². The summed E-state index contributed by atoms with van der Waals surface area (Å²) in [5.74, 6) is 0.910. The van der Waals surface area contributed by atoms with Gasteiger partial charge >= 0.3 is 0 Å². The van der Waals surface area contributed by atoms with Crippen molar-refractivity contribution < 1.29 is 0 Å². The molecule has 0 bridgehead atoms. The van der Waals surface area contributed by atoms with Crippen molar-refractivity contribution in [2.24, 2.45) is 0 Å². The molecule has 0 atom stereocenters. The van der Waals surface area contributed by atoms with Crippen LogP contribution in [0.25, 0.3) is 11.3 Å². The summed E-state index contributed by atoms with van der Waals surface area (Å²) >= 11 is 1.59. The fourth-order valence-corrected chi connectivity index (χ4v) is 4.75. The Morgan fingerprint density at radius 1 is 1.27 bits per heavy atom. The van der Waals surface area contributed by atoms with E-state index in [4.69, 9.17) is 4.98 Å². The maximum absolute atomic E-state index is 12.6. The monoisotopic (exact) mass is 312 g/mol. The predicted octanol–water partition coefficient (Wildman–Crippen LogP) is 3.92. The number of benzene rings is 1. The smallest absolute Gasteiger partial charge is 0.255 e. The van der Waals surface area contributed by atoms with Crippen molar-refractivity contribution in [3.8, 4) is 11.3 Å². The summed E-state index contributed by atoms with van der Waals surface area (Å²) in [6.07, 6.45) is 5.75. The Balaban J connectivity index is 1.96. The van der Waals surface area contributed by atoms with Crippen LogP contribution in [-0.4, -0.2) is 15.7 Å². The molecule has 0 unspecified atom stereocenters. The summed E-state index contributed by atoms with van der Waals surface area (Å²) in [5.41, 5.74) is 4.60. The van der Waals surface area contributed by atoms with Gasteiger partial charge in [-0.05, 0) is 30.6 Å². The quantitative estimate of drug-likeness (QED) is 0.675. The molecular weight excluding hydrogens is 292 g/mol. The average molecular weight is 312 g/mol. The number of hydrogen-bond donors (Lipinski definition) is 1. The third-order valence-corrected chi connectivity index (χ3v) is 5.86. The van der Waals surface area contributed by atoms with Crippen molar-refractivity contribution in [2.75, 3.05) is 5.75 Å². The van der Waals surface area contributed by atoms with Gasteiger partial charge in [0.15, 0.2) is 5.16 Å². The molecule has 1 heterocycles. The highest BCUT2D eigenvalue weighted by atomic mass is 32.2. The summed E-state index contributed by atoms with van der Waals surface area (Å²) in [5, 5.41) is 0.739. The number of nitrogens with one attached hydrogen (secondary N) is 1. The van der Waals surface area contributed by atoms with Crippen LogP contribution in [0.3, 0.4) is 0 Å². The van der Waals surface area contributed by atoms with E-state index in [-0.39, 0.29) is 11.0 Å². The first-order valence-corrected chi connectivity index (χ1v) is 9.08. The van der Waals surface area contributed by atoms with E-state index < -0.39 is 0 Å². The van der Waals surface area contributed by atoms with E-state index in [1.165, 1.54) is 36.8 Å². The van der Waals surface area contributed by atoms with Crippen LogP contribution in [0.2, 0.25) is 0 Å². The Hall–Kier alpha value is -1.55. The molecule has 114 valence electrons. The highest BCUT2D eigenvalue weighted by molar-refractivity contribution is 7.99. The van der Waals surface area contributed by atoms with Crippen molar-refractivity contribution in [3.05, 3.63) is 45.7 Å². The molecule has 22 heavy (non-hydrogen) atoms. The van der Waals surface area contributed by atoms with Gasteiger partial charge in [0.05, 0.1) is 5.69 Å². The molecule has 0 amide bonds.